The van der Waals surface area contributed by atoms with Gasteiger partial charge in [0.2, 0.25) is 0 Å². The van der Waals surface area contributed by atoms with Crippen molar-refractivity contribution in [1.29, 1.82) is 5.26 Å². The normalized spacial score (nSPS) is 14.3. The van der Waals surface area contributed by atoms with E-state index in [1.807, 2.05) is 37.3 Å². The summed E-state index contributed by atoms with van der Waals surface area (Å²) in [7, 11) is 0. The first-order valence-electron chi connectivity index (χ1n) is 9.50. The maximum Gasteiger partial charge on any atom is 0.266 e. The van der Waals surface area contributed by atoms with E-state index in [2.05, 4.69) is 10.2 Å². The monoisotopic (exact) mass is 394 g/mol. The lowest BCUT2D eigenvalue weighted by atomic mass is 10.2. The van der Waals surface area contributed by atoms with Crippen LogP contribution in [0.25, 0.3) is 0 Å². The zero-order valence-electron chi connectivity index (χ0n) is 16.3. The fraction of sp³-hybridized carbons (Fsp3) is 0.273. The van der Waals surface area contributed by atoms with Crippen molar-refractivity contribution in [3.8, 4) is 11.8 Å². The number of anilines is 2. The van der Waals surface area contributed by atoms with Crippen molar-refractivity contribution < 1.29 is 13.9 Å². The van der Waals surface area contributed by atoms with Crippen molar-refractivity contribution in [1.82, 2.24) is 4.90 Å². The zero-order valence-corrected chi connectivity index (χ0v) is 16.3. The van der Waals surface area contributed by atoms with Crippen LogP contribution in [0.2, 0.25) is 0 Å². The highest BCUT2D eigenvalue weighted by Gasteiger charge is 2.24. The van der Waals surface area contributed by atoms with Crippen molar-refractivity contribution in [3.05, 3.63) is 66.1 Å². The summed E-state index contributed by atoms with van der Waals surface area (Å²) in [5.41, 5.74) is 1.64. The number of rotatable bonds is 6. The van der Waals surface area contributed by atoms with Crippen LogP contribution in [0.4, 0.5) is 15.8 Å². The van der Waals surface area contributed by atoms with Crippen LogP contribution in [0.5, 0.6) is 5.75 Å². The first kappa shape index (κ1) is 20.2. The highest BCUT2D eigenvalue weighted by atomic mass is 19.1. The molecule has 0 radical (unpaired) electrons. The van der Waals surface area contributed by atoms with E-state index in [1.54, 1.807) is 17.0 Å². The quantitative estimate of drug-likeness (QED) is 0.601. The van der Waals surface area contributed by atoms with E-state index < -0.39 is 0 Å². The van der Waals surface area contributed by atoms with Crippen LogP contribution in [-0.4, -0.2) is 43.6 Å². The van der Waals surface area contributed by atoms with Crippen LogP contribution < -0.4 is 15.0 Å². The van der Waals surface area contributed by atoms with Gasteiger partial charge in [0.05, 0.1) is 12.3 Å². The molecule has 150 valence electrons. The summed E-state index contributed by atoms with van der Waals surface area (Å²) in [6.07, 6.45) is 1.42. The second-order valence-corrected chi connectivity index (χ2v) is 6.50. The third-order valence-electron chi connectivity index (χ3n) is 4.67. The molecule has 0 aliphatic carbocycles. The predicted molar refractivity (Wildman–Crippen MR) is 110 cm³/mol. The van der Waals surface area contributed by atoms with Crippen molar-refractivity contribution >= 4 is 17.3 Å². The Bertz CT molecular complexity index is 913. The molecule has 1 N–H and O–H groups in total. The summed E-state index contributed by atoms with van der Waals surface area (Å²) < 4.78 is 18.6. The Kier molecular flexibility index (Phi) is 6.69. The smallest absolute Gasteiger partial charge is 0.266 e. The zero-order chi connectivity index (χ0) is 20.6. The molecule has 1 saturated heterocycles. The van der Waals surface area contributed by atoms with Crippen molar-refractivity contribution in [2.24, 2.45) is 0 Å². The summed E-state index contributed by atoms with van der Waals surface area (Å²) in [4.78, 5) is 16.5. The number of carbonyl (C=O) groups is 1. The van der Waals surface area contributed by atoms with E-state index in [0.29, 0.717) is 44.2 Å². The molecule has 2 aromatic carbocycles. The van der Waals surface area contributed by atoms with Gasteiger partial charge in [-0.05, 0) is 43.3 Å². The minimum absolute atomic E-state index is 0.0338. The summed E-state index contributed by atoms with van der Waals surface area (Å²) >= 11 is 0. The Morgan fingerprint density at radius 2 is 1.86 bits per heavy atom. The standard InChI is InChI=1S/C22H23FN4O2/c1-2-29-21-6-4-3-5-20(21)25-16-17(15-24)22(28)27-13-11-26(12-14-27)19-9-7-18(23)8-10-19/h3-10,16,25H,2,11-14H2,1H3/b17-16-. The van der Waals surface area contributed by atoms with Gasteiger partial charge in [-0.3, -0.25) is 4.79 Å². The van der Waals surface area contributed by atoms with E-state index >= 15 is 0 Å². The molecule has 0 bridgehead atoms. The van der Waals surface area contributed by atoms with Gasteiger partial charge in [-0.2, -0.15) is 5.26 Å². The molecule has 7 heteroatoms. The molecule has 3 rings (SSSR count). The summed E-state index contributed by atoms with van der Waals surface area (Å²) in [5.74, 6) is 0.0707. The van der Waals surface area contributed by atoms with Gasteiger partial charge in [0.15, 0.2) is 0 Å². The number of hydrogen-bond acceptors (Lipinski definition) is 5. The molecule has 0 spiro atoms. The topological polar surface area (TPSA) is 68.6 Å². The highest BCUT2D eigenvalue weighted by molar-refractivity contribution is 5.97. The SMILES string of the molecule is CCOc1ccccc1N/C=C(/C#N)C(=O)N1CCN(c2ccc(F)cc2)CC1. The number of halogens is 1. The Labute approximate surface area is 169 Å². The van der Waals surface area contributed by atoms with Gasteiger partial charge in [-0.1, -0.05) is 12.1 Å². The van der Waals surface area contributed by atoms with Crippen LogP contribution in [0.1, 0.15) is 6.92 Å². The van der Waals surface area contributed by atoms with Gasteiger partial charge < -0.3 is 19.9 Å². The van der Waals surface area contributed by atoms with Gasteiger partial charge >= 0.3 is 0 Å². The van der Waals surface area contributed by atoms with Crippen LogP contribution in [0, 0.1) is 17.1 Å². The number of nitrogens with zero attached hydrogens (tertiary/aromatic N) is 3. The van der Waals surface area contributed by atoms with Gasteiger partial charge in [-0.25, -0.2) is 4.39 Å². The molecule has 0 saturated carbocycles. The molecule has 1 heterocycles. The molecule has 1 aliphatic heterocycles. The molecule has 0 atom stereocenters. The van der Waals surface area contributed by atoms with Crippen molar-refractivity contribution in [2.45, 2.75) is 6.92 Å². The van der Waals surface area contributed by atoms with E-state index in [0.717, 1.165) is 5.69 Å². The van der Waals surface area contributed by atoms with Gasteiger partial charge in [0, 0.05) is 38.1 Å². The van der Waals surface area contributed by atoms with E-state index in [4.69, 9.17) is 4.74 Å². The molecule has 0 aromatic heterocycles. The Morgan fingerprint density at radius 3 is 2.52 bits per heavy atom. The lowest BCUT2D eigenvalue weighted by molar-refractivity contribution is -0.127. The van der Waals surface area contributed by atoms with Crippen LogP contribution >= 0.6 is 0 Å². The summed E-state index contributed by atoms with van der Waals surface area (Å²) in [6.45, 7) is 4.64. The van der Waals surface area contributed by atoms with Gasteiger partial charge in [0.1, 0.15) is 23.2 Å². The van der Waals surface area contributed by atoms with E-state index in [-0.39, 0.29) is 17.3 Å². The molecule has 29 heavy (non-hydrogen) atoms. The van der Waals surface area contributed by atoms with Gasteiger partial charge in [-0.15, -0.1) is 0 Å². The number of carbonyl (C=O) groups excluding carboxylic acids is 1. The van der Waals surface area contributed by atoms with Crippen LogP contribution in [0.3, 0.4) is 0 Å². The maximum absolute atomic E-state index is 13.1. The average molecular weight is 394 g/mol. The Morgan fingerprint density at radius 1 is 1.17 bits per heavy atom. The van der Waals surface area contributed by atoms with Crippen LogP contribution in [-0.2, 0) is 4.79 Å². The van der Waals surface area contributed by atoms with Crippen molar-refractivity contribution in [2.75, 3.05) is 43.0 Å². The fourth-order valence-corrected chi connectivity index (χ4v) is 3.15. The molecule has 6 nitrogen and oxygen atoms in total. The number of piperazine rings is 1. The lowest BCUT2D eigenvalue weighted by Crippen LogP contribution is -2.49. The number of amides is 1. The summed E-state index contributed by atoms with van der Waals surface area (Å²) in [6, 6.07) is 15.6. The number of nitrogens with one attached hydrogen (secondary N) is 1. The molecule has 1 aliphatic rings. The number of ether oxygens (including phenoxy) is 1. The second-order valence-electron chi connectivity index (χ2n) is 6.50. The average Bonchev–Trinajstić information content (AvgIpc) is 2.76. The Balaban J connectivity index is 1.62. The minimum atomic E-state index is -0.312. The fourth-order valence-electron chi connectivity index (χ4n) is 3.15. The molecular weight excluding hydrogens is 371 g/mol. The minimum Gasteiger partial charge on any atom is -0.492 e. The first-order chi connectivity index (χ1) is 14.1. The number of nitriles is 1. The summed E-state index contributed by atoms with van der Waals surface area (Å²) in [5, 5.41) is 12.5. The molecular formula is C22H23FN4O2. The third-order valence-corrected chi connectivity index (χ3v) is 4.67. The largest absolute Gasteiger partial charge is 0.492 e. The highest BCUT2D eigenvalue weighted by Crippen LogP contribution is 2.24. The first-order valence-corrected chi connectivity index (χ1v) is 9.50. The lowest BCUT2D eigenvalue weighted by Gasteiger charge is -2.36. The Hall–Kier alpha value is -3.53. The maximum atomic E-state index is 13.1. The van der Waals surface area contributed by atoms with Gasteiger partial charge in [0.25, 0.3) is 5.91 Å². The number of benzene rings is 2. The predicted octanol–water partition coefficient (Wildman–Crippen LogP) is 3.39. The van der Waals surface area contributed by atoms with E-state index in [1.165, 1.54) is 18.3 Å². The molecule has 1 fully saturated rings. The number of hydrogen-bond donors (Lipinski definition) is 1. The van der Waals surface area contributed by atoms with E-state index in [9.17, 15) is 14.4 Å². The number of para-hydroxylation sites is 2. The second kappa shape index (κ2) is 9.60. The molecule has 2 aromatic rings. The third kappa shape index (κ3) is 5.05. The molecule has 0 unspecified atom stereocenters. The van der Waals surface area contributed by atoms with Crippen LogP contribution in [0.15, 0.2) is 60.3 Å². The van der Waals surface area contributed by atoms with Crippen molar-refractivity contribution in [3.63, 3.8) is 0 Å². The molecule has 1 amide bonds.